The van der Waals surface area contributed by atoms with E-state index in [1.54, 1.807) is 18.2 Å². The number of para-hydroxylation sites is 1. The highest BCUT2D eigenvalue weighted by atomic mass is 32.2. The van der Waals surface area contributed by atoms with Crippen LogP contribution in [0.4, 0.5) is 5.69 Å². The SMILES string of the molecule is Cc1cccc2c(=O)n(CCC(=O)Nc3ccc(S(=O)(=O)N4CCN(C)CC4)cc3)cnc12. The van der Waals surface area contributed by atoms with E-state index in [-0.39, 0.29) is 29.3 Å². The number of anilines is 1. The van der Waals surface area contributed by atoms with Crippen LogP contribution in [0, 0.1) is 6.92 Å². The zero-order chi connectivity index (χ0) is 23.6. The zero-order valence-electron chi connectivity index (χ0n) is 18.7. The quantitative estimate of drug-likeness (QED) is 0.589. The molecule has 1 saturated heterocycles. The van der Waals surface area contributed by atoms with Crippen LogP contribution in [0.3, 0.4) is 0 Å². The third kappa shape index (κ3) is 4.97. The first kappa shape index (κ1) is 23.1. The second-order valence-corrected chi connectivity index (χ2v) is 10.2. The standard InChI is InChI=1S/C23H27N5O4S/c1-17-4-3-5-20-22(17)24-16-27(23(20)30)11-10-21(29)25-18-6-8-19(9-7-18)33(31,32)28-14-12-26(2)13-15-28/h3-9,16H,10-15H2,1-2H3,(H,25,29). The minimum atomic E-state index is -3.55. The Kier molecular flexibility index (Phi) is 6.59. The second-order valence-electron chi connectivity index (χ2n) is 8.24. The van der Waals surface area contributed by atoms with E-state index in [1.807, 2.05) is 26.1 Å². The van der Waals surface area contributed by atoms with Gasteiger partial charge in [0.2, 0.25) is 15.9 Å². The maximum atomic E-state index is 12.8. The number of sulfonamides is 1. The van der Waals surface area contributed by atoms with Crippen LogP contribution in [0.5, 0.6) is 0 Å². The summed E-state index contributed by atoms with van der Waals surface area (Å²) in [6.45, 7) is 4.40. The Morgan fingerprint density at radius 1 is 1.06 bits per heavy atom. The number of nitrogens with one attached hydrogen (secondary N) is 1. The zero-order valence-corrected chi connectivity index (χ0v) is 19.5. The molecule has 10 heteroatoms. The van der Waals surface area contributed by atoms with Gasteiger partial charge in [-0.2, -0.15) is 4.31 Å². The lowest BCUT2D eigenvalue weighted by atomic mass is 10.1. The molecule has 1 aliphatic heterocycles. The molecule has 0 saturated carbocycles. The third-order valence-electron chi connectivity index (χ3n) is 5.87. The topological polar surface area (TPSA) is 105 Å². The van der Waals surface area contributed by atoms with Crippen molar-refractivity contribution in [1.29, 1.82) is 0 Å². The maximum Gasteiger partial charge on any atom is 0.261 e. The first-order valence-electron chi connectivity index (χ1n) is 10.8. The van der Waals surface area contributed by atoms with E-state index in [1.165, 1.54) is 27.3 Å². The fourth-order valence-corrected chi connectivity index (χ4v) is 5.25. The Labute approximate surface area is 192 Å². The molecule has 3 aromatic rings. The van der Waals surface area contributed by atoms with E-state index in [4.69, 9.17) is 0 Å². The normalized spacial score (nSPS) is 15.6. The average Bonchev–Trinajstić information content (AvgIpc) is 2.80. The Hall–Kier alpha value is -3.08. The van der Waals surface area contributed by atoms with Gasteiger partial charge in [0.15, 0.2) is 0 Å². The number of aryl methyl sites for hydroxylation is 2. The first-order valence-corrected chi connectivity index (χ1v) is 12.2. The maximum absolute atomic E-state index is 12.8. The van der Waals surface area contributed by atoms with Gasteiger partial charge in [0.05, 0.1) is 22.1 Å². The van der Waals surface area contributed by atoms with Crippen molar-refractivity contribution in [3.8, 4) is 0 Å². The third-order valence-corrected chi connectivity index (χ3v) is 7.79. The smallest absolute Gasteiger partial charge is 0.261 e. The molecule has 1 N–H and O–H groups in total. The molecule has 2 heterocycles. The molecule has 1 fully saturated rings. The van der Waals surface area contributed by atoms with Crippen LogP contribution in [-0.2, 0) is 21.4 Å². The summed E-state index contributed by atoms with van der Waals surface area (Å²) >= 11 is 0. The molecule has 2 aromatic carbocycles. The number of carbonyl (C=O) groups is 1. The van der Waals surface area contributed by atoms with Crippen molar-refractivity contribution in [2.24, 2.45) is 0 Å². The number of aromatic nitrogens is 2. The van der Waals surface area contributed by atoms with Crippen LogP contribution in [-0.4, -0.2) is 66.3 Å². The van der Waals surface area contributed by atoms with Gasteiger partial charge in [-0.15, -0.1) is 0 Å². The van der Waals surface area contributed by atoms with E-state index >= 15 is 0 Å². The molecule has 1 aliphatic rings. The molecule has 174 valence electrons. The number of fused-ring (bicyclic) bond motifs is 1. The fraction of sp³-hybridized carbons (Fsp3) is 0.348. The average molecular weight is 470 g/mol. The summed E-state index contributed by atoms with van der Waals surface area (Å²) < 4.78 is 28.5. The van der Waals surface area contributed by atoms with E-state index < -0.39 is 10.0 Å². The molecule has 9 nitrogen and oxygen atoms in total. The van der Waals surface area contributed by atoms with Crippen molar-refractivity contribution in [2.75, 3.05) is 38.5 Å². The van der Waals surface area contributed by atoms with Gasteiger partial charge in [-0.1, -0.05) is 12.1 Å². The summed E-state index contributed by atoms with van der Waals surface area (Å²) in [4.78, 5) is 31.7. The number of hydrogen-bond donors (Lipinski definition) is 1. The van der Waals surface area contributed by atoms with Crippen LogP contribution in [0.2, 0.25) is 0 Å². The van der Waals surface area contributed by atoms with E-state index in [9.17, 15) is 18.0 Å². The lowest BCUT2D eigenvalue weighted by molar-refractivity contribution is -0.116. The molecular formula is C23H27N5O4S. The number of likely N-dealkylation sites (N-methyl/N-ethyl adjacent to an activating group) is 1. The van der Waals surface area contributed by atoms with Gasteiger partial charge in [-0.05, 0) is 49.9 Å². The summed E-state index contributed by atoms with van der Waals surface area (Å²) in [5.74, 6) is -0.277. The van der Waals surface area contributed by atoms with Crippen LogP contribution in [0.15, 0.2) is 58.5 Å². The highest BCUT2D eigenvalue weighted by molar-refractivity contribution is 7.89. The summed E-state index contributed by atoms with van der Waals surface area (Å²) in [5, 5.41) is 3.28. The van der Waals surface area contributed by atoms with Crippen LogP contribution in [0.1, 0.15) is 12.0 Å². The summed E-state index contributed by atoms with van der Waals surface area (Å²) in [6.07, 6.45) is 1.54. The van der Waals surface area contributed by atoms with Gasteiger partial charge >= 0.3 is 0 Å². The van der Waals surface area contributed by atoms with Gasteiger partial charge in [-0.25, -0.2) is 13.4 Å². The Morgan fingerprint density at radius 2 is 1.76 bits per heavy atom. The molecule has 33 heavy (non-hydrogen) atoms. The molecule has 0 atom stereocenters. The number of nitrogens with zero attached hydrogens (tertiary/aromatic N) is 4. The predicted molar refractivity (Wildman–Crippen MR) is 127 cm³/mol. The summed E-state index contributed by atoms with van der Waals surface area (Å²) in [7, 11) is -1.59. The number of benzene rings is 2. The molecule has 0 aliphatic carbocycles. The van der Waals surface area contributed by atoms with E-state index in [2.05, 4.69) is 15.2 Å². The van der Waals surface area contributed by atoms with Gasteiger partial charge in [0.25, 0.3) is 5.56 Å². The highest BCUT2D eigenvalue weighted by Gasteiger charge is 2.27. The lowest BCUT2D eigenvalue weighted by Crippen LogP contribution is -2.46. The molecule has 0 unspecified atom stereocenters. The van der Waals surface area contributed by atoms with Crippen molar-refractivity contribution < 1.29 is 13.2 Å². The molecule has 0 bridgehead atoms. The Morgan fingerprint density at radius 3 is 2.45 bits per heavy atom. The van der Waals surface area contributed by atoms with Crippen molar-refractivity contribution in [2.45, 2.75) is 24.8 Å². The number of carbonyl (C=O) groups excluding carboxylic acids is 1. The molecule has 0 spiro atoms. The first-order chi connectivity index (χ1) is 15.8. The largest absolute Gasteiger partial charge is 0.326 e. The van der Waals surface area contributed by atoms with E-state index in [0.717, 1.165) is 5.56 Å². The number of hydrogen-bond acceptors (Lipinski definition) is 6. The summed E-state index contributed by atoms with van der Waals surface area (Å²) in [6, 6.07) is 11.6. The van der Waals surface area contributed by atoms with Crippen LogP contribution in [0.25, 0.3) is 10.9 Å². The lowest BCUT2D eigenvalue weighted by Gasteiger charge is -2.31. The molecular weight excluding hydrogens is 442 g/mol. The molecule has 4 rings (SSSR count). The van der Waals surface area contributed by atoms with Crippen molar-refractivity contribution in [3.63, 3.8) is 0 Å². The fourth-order valence-electron chi connectivity index (χ4n) is 3.83. The molecule has 0 radical (unpaired) electrons. The highest BCUT2D eigenvalue weighted by Crippen LogP contribution is 2.20. The Bertz CT molecular complexity index is 1330. The Balaban J connectivity index is 1.38. The monoisotopic (exact) mass is 469 g/mol. The van der Waals surface area contributed by atoms with Gasteiger partial charge in [-0.3, -0.25) is 14.2 Å². The van der Waals surface area contributed by atoms with E-state index in [0.29, 0.717) is 42.8 Å². The second kappa shape index (κ2) is 9.42. The predicted octanol–water partition coefficient (Wildman–Crippen LogP) is 1.67. The van der Waals surface area contributed by atoms with Crippen molar-refractivity contribution in [1.82, 2.24) is 18.8 Å². The van der Waals surface area contributed by atoms with Gasteiger partial charge < -0.3 is 10.2 Å². The minimum absolute atomic E-state index is 0.0836. The molecule has 1 amide bonds. The summed E-state index contributed by atoms with van der Waals surface area (Å²) in [5.41, 5.74) is 1.90. The van der Waals surface area contributed by atoms with Gasteiger partial charge in [0, 0.05) is 44.8 Å². The van der Waals surface area contributed by atoms with Crippen molar-refractivity contribution in [3.05, 3.63) is 64.7 Å². The number of rotatable bonds is 6. The molecule has 1 aromatic heterocycles. The van der Waals surface area contributed by atoms with Crippen LogP contribution < -0.4 is 10.9 Å². The van der Waals surface area contributed by atoms with Crippen molar-refractivity contribution >= 4 is 32.5 Å². The van der Waals surface area contributed by atoms with Crippen LogP contribution >= 0.6 is 0 Å². The number of amides is 1. The van der Waals surface area contributed by atoms with Gasteiger partial charge in [0.1, 0.15) is 0 Å². The minimum Gasteiger partial charge on any atom is -0.326 e. The number of piperazine rings is 1.